The molecule has 20 heavy (non-hydrogen) atoms. The molecule has 0 radical (unpaired) electrons. The van der Waals surface area contributed by atoms with Gasteiger partial charge in [0.15, 0.2) is 0 Å². The van der Waals surface area contributed by atoms with Gasteiger partial charge in [0.25, 0.3) is 0 Å². The SMILES string of the molecule is Cc1ccc(C(F)(F)F)cc1C1=N[C@@H](C(C)(C)C)CO1. The number of aryl methyl sites for hydroxylation is 1. The van der Waals surface area contributed by atoms with E-state index in [1.807, 2.05) is 20.8 Å². The van der Waals surface area contributed by atoms with Crippen molar-refractivity contribution in [3.63, 3.8) is 0 Å². The van der Waals surface area contributed by atoms with Crippen molar-refractivity contribution >= 4 is 5.90 Å². The molecule has 2 nitrogen and oxygen atoms in total. The Morgan fingerprint density at radius 2 is 1.85 bits per heavy atom. The van der Waals surface area contributed by atoms with Gasteiger partial charge in [-0.05, 0) is 30.0 Å². The summed E-state index contributed by atoms with van der Waals surface area (Å²) in [6.45, 7) is 8.27. The van der Waals surface area contributed by atoms with Crippen molar-refractivity contribution in [3.05, 3.63) is 34.9 Å². The lowest BCUT2D eigenvalue weighted by Gasteiger charge is -2.21. The second kappa shape index (κ2) is 4.79. The number of hydrogen-bond acceptors (Lipinski definition) is 2. The number of nitrogens with zero attached hydrogens (tertiary/aromatic N) is 1. The summed E-state index contributed by atoms with van der Waals surface area (Å²) in [5, 5.41) is 0. The number of alkyl halides is 3. The van der Waals surface area contributed by atoms with Crippen LogP contribution in [0.1, 0.15) is 37.5 Å². The van der Waals surface area contributed by atoms with E-state index >= 15 is 0 Å². The molecule has 2 rings (SSSR count). The lowest BCUT2D eigenvalue weighted by Crippen LogP contribution is -2.25. The van der Waals surface area contributed by atoms with Crippen LogP contribution in [0, 0.1) is 12.3 Å². The van der Waals surface area contributed by atoms with Gasteiger partial charge in [-0.2, -0.15) is 13.2 Å². The van der Waals surface area contributed by atoms with Crippen LogP contribution < -0.4 is 0 Å². The third kappa shape index (κ3) is 2.97. The van der Waals surface area contributed by atoms with E-state index in [-0.39, 0.29) is 11.5 Å². The van der Waals surface area contributed by atoms with Crippen molar-refractivity contribution in [2.24, 2.45) is 10.4 Å². The molecule has 0 unspecified atom stereocenters. The van der Waals surface area contributed by atoms with Crippen molar-refractivity contribution in [1.29, 1.82) is 0 Å². The second-order valence-corrected chi connectivity index (χ2v) is 6.15. The van der Waals surface area contributed by atoms with Crippen molar-refractivity contribution in [3.8, 4) is 0 Å². The van der Waals surface area contributed by atoms with E-state index in [0.29, 0.717) is 18.1 Å². The van der Waals surface area contributed by atoms with Gasteiger partial charge >= 0.3 is 6.18 Å². The highest BCUT2D eigenvalue weighted by molar-refractivity contribution is 5.96. The molecule has 1 aliphatic heterocycles. The van der Waals surface area contributed by atoms with Crippen LogP contribution in [0.4, 0.5) is 13.2 Å². The summed E-state index contributed by atoms with van der Waals surface area (Å²) in [6.07, 6.45) is -4.36. The third-order valence-electron chi connectivity index (χ3n) is 3.45. The summed E-state index contributed by atoms with van der Waals surface area (Å²) < 4.78 is 43.8. The number of rotatable bonds is 1. The molecule has 0 bridgehead atoms. The van der Waals surface area contributed by atoms with Crippen molar-refractivity contribution in [1.82, 2.24) is 0 Å². The van der Waals surface area contributed by atoms with E-state index in [4.69, 9.17) is 4.74 Å². The first kappa shape index (κ1) is 14.9. The van der Waals surface area contributed by atoms with E-state index in [0.717, 1.165) is 17.7 Å². The molecule has 110 valence electrons. The molecule has 1 heterocycles. The quantitative estimate of drug-likeness (QED) is 0.757. The van der Waals surface area contributed by atoms with Gasteiger partial charge in [0, 0.05) is 5.56 Å². The van der Waals surface area contributed by atoms with Crippen LogP contribution in [0.15, 0.2) is 23.2 Å². The van der Waals surface area contributed by atoms with E-state index in [1.165, 1.54) is 6.07 Å². The van der Waals surface area contributed by atoms with Crippen molar-refractivity contribution < 1.29 is 17.9 Å². The molecule has 0 N–H and O–H groups in total. The van der Waals surface area contributed by atoms with Gasteiger partial charge in [-0.15, -0.1) is 0 Å². The summed E-state index contributed by atoms with van der Waals surface area (Å²) in [5.41, 5.74) is 0.401. The number of hydrogen-bond donors (Lipinski definition) is 0. The summed E-state index contributed by atoms with van der Waals surface area (Å²) in [4.78, 5) is 4.44. The van der Waals surface area contributed by atoms with E-state index in [9.17, 15) is 13.2 Å². The molecule has 0 aliphatic carbocycles. The molecule has 0 saturated carbocycles. The molecule has 0 fully saturated rings. The number of aliphatic imine (C=N–C) groups is 1. The maximum Gasteiger partial charge on any atom is 0.416 e. The largest absolute Gasteiger partial charge is 0.475 e. The Morgan fingerprint density at radius 1 is 1.20 bits per heavy atom. The lowest BCUT2D eigenvalue weighted by molar-refractivity contribution is -0.137. The van der Waals surface area contributed by atoms with E-state index in [2.05, 4.69) is 4.99 Å². The number of ether oxygens (including phenoxy) is 1. The van der Waals surface area contributed by atoms with Crippen LogP contribution in [-0.2, 0) is 10.9 Å². The molecule has 1 aromatic carbocycles. The third-order valence-corrected chi connectivity index (χ3v) is 3.45. The predicted octanol–water partition coefficient (Wildman–Crippen LogP) is 4.21. The highest BCUT2D eigenvalue weighted by Gasteiger charge is 2.34. The fraction of sp³-hybridized carbons (Fsp3) is 0.533. The minimum absolute atomic E-state index is 0.0357. The molecule has 5 heteroatoms. The molecule has 0 spiro atoms. The molecule has 0 saturated heterocycles. The zero-order chi connectivity index (χ0) is 15.1. The molecule has 0 amide bonds. The fourth-order valence-corrected chi connectivity index (χ4v) is 1.99. The Morgan fingerprint density at radius 3 is 2.35 bits per heavy atom. The molecule has 1 atom stereocenters. The summed E-state index contributed by atoms with van der Waals surface area (Å²) >= 11 is 0. The molecule has 1 aromatic rings. The van der Waals surface area contributed by atoms with Crippen LogP contribution in [-0.4, -0.2) is 18.5 Å². The molecule has 1 aliphatic rings. The molecule has 0 aromatic heterocycles. The Balaban J connectivity index is 2.39. The van der Waals surface area contributed by atoms with E-state index in [1.54, 1.807) is 6.92 Å². The monoisotopic (exact) mass is 285 g/mol. The Labute approximate surface area is 116 Å². The standard InChI is InChI=1S/C15H18F3NO/c1-9-5-6-10(15(16,17)18)7-11(9)13-19-12(8-20-13)14(2,3)4/h5-7,12H,8H2,1-4H3/t12-/m1/s1. The Bertz CT molecular complexity index is 541. The first-order valence-electron chi connectivity index (χ1n) is 6.48. The van der Waals surface area contributed by atoms with Gasteiger partial charge in [0.05, 0.1) is 11.6 Å². The summed E-state index contributed by atoms with van der Waals surface area (Å²) in [7, 11) is 0. The van der Waals surface area contributed by atoms with Gasteiger partial charge in [-0.3, -0.25) is 0 Å². The zero-order valence-corrected chi connectivity index (χ0v) is 12.0. The van der Waals surface area contributed by atoms with Crippen molar-refractivity contribution in [2.45, 2.75) is 39.9 Å². The highest BCUT2D eigenvalue weighted by Crippen LogP contribution is 2.32. The predicted molar refractivity (Wildman–Crippen MR) is 71.9 cm³/mol. The van der Waals surface area contributed by atoms with Crippen LogP contribution in [0.2, 0.25) is 0 Å². The van der Waals surface area contributed by atoms with Gasteiger partial charge in [0.2, 0.25) is 5.90 Å². The van der Waals surface area contributed by atoms with Crippen LogP contribution in [0.3, 0.4) is 0 Å². The average molecular weight is 285 g/mol. The maximum absolute atomic E-state index is 12.8. The molecular weight excluding hydrogens is 267 g/mol. The zero-order valence-electron chi connectivity index (χ0n) is 12.0. The van der Waals surface area contributed by atoms with Gasteiger partial charge in [-0.25, -0.2) is 4.99 Å². The molecular formula is C15H18F3NO. The van der Waals surface area contributed by atoms with Gasteiger partial charge in [-0.1, -0.05) is 26.8 Å². The topological polar surface area (TPSA) is 21.6 Å². The first-order valence-corrected chi connectivity index (χ1v) is 6.48. The van der Waals surface area contributed by atoms with Crippen LogP contribution >= 0.6 is 0 Å². The van der Waals surface area contributed by atoms with E-state index < -0.39 is 11.7 Å². The number of benzene rings is 1. The highest BCUT2D eigenvalue weighted by atomic mass is 19.4. The minimum Gasteiger partial charge on any atom is -0.475 e. The maximum atomic E-state index is 12.8. The number of halogens is 3. The second-order valence-electron chi connectivity index (χ2n) is 6.15. The first-order chi connectivity index (χ1) is 9.09. The Kier molecular flexibility index (Phi) is 3.56. The van der Waals surface area contributed by atoms with Crippen LogP contribution in [0.25, 0.3) is 0 Å². The average Bonchev–Trinajstić information content (AvgIpc) is 2.76. The lowest BCUT2D eigenvalue weighted by atomic mass is 9.88. The van der Waals surface area contributed by atoms with Gasteiger partial charge in [0.1, 0.15) is 6.61 Å². The minimum atomic E-state index is -4.36. The summed E-state index contributed by atoms with van der Waals surface area (Å²) in [5.74, 6) is 0.313. The normalized spacial score (nSPS) is 19.8. The fourth-order valence-electron chi connectivity index (χ4n) is 1.99. The van der Waals surface area contributed by atoms with Crippen LogP contribution in [0.5, 0.6) is 0 Å². The van der Waals surface area contributed by atoms with Crippen molar-refractivity contribution in [2.75, 3.05) is 6.61 Å². The Hall–Kier alpha value is -1.52. The summed E-state index contributed by atoms with van der Waals surface area (Å²) in [6, 6.07) is 3.61. The van der Waals surface area contributed by atoms with Gasteiger partial charge < -0.3 is 4.74 Å². The smallest absolute Gasteiger partial charge is 0.416 e.